The highest BCUT2D eigenvalue weighted by atomic mass is 16.5. The van der Waals surface area contributed by atoms with Crippen LogP contribution < -0.4 is 0 Å². The first-order valence-corrected chi connectivity index (χ1v) is 8.96. The first-order chi connectivity index (χ1) is 14.0. The van der Waals surface area contributed by atoms with E-state index in [1.807, 2.05) is 36.5 Å². The number of nitrogens with zero attached hydrogens (tertiary/aromatic N) is 4. The molecule has 9 heteroatoms. The lowest BCUT2D eigenvalue weighted by Gasteiger charge is -2.36. The summed E-state index contributed by atoms with van der Waals surface area (Å²) in [6.45, 7) is 2.77. The molecule has 1 aliphatic heterocycles. The number of hydrogen-bond acceptors (Lipinski definition) is 7. The van der Waals surface area contributed by atoms with E-state index >= 15 is 0 Å². The Morgan fingerprint density at radius 1 is 1.03 bits per heavy atom. The van der Waals surface area contributed by atoms with Crippen LogP contribution in [0.25, 0.3) is 0 Å². The van der Waals surface area contributed by atoms with Crippen molar-refractivity contribution in [3.05, 3.63) is 77.7 Å². The van der Waals surface area contributed by atoms with Crippen LogP contribution in [0.15, 0.2) is 59.3 Å². The average Bonchev–Trinajstić information content (AvgIpc) is 3.14. The lowest BCUT2D eigenvalue weighted by molar-refractivity contribution is -0.159. The molecule has 1 aliphatic rings. The van der Waals surface area contributed by atoms with E-state index < -0.39 is 11.9 Å². The normalized spacial score (nSPS) is 13.8. The summed E-state index contributed by atoms with van der Waals surface area (Å²) in [6.07, 6.45) is 2.55. The number of aromatic nitrogens is 3. The molecule has 0 unspecified atom stereocenters. The Labute approximate surface area is 166 Å². The van der Waals surface area contributed by atoms with Crippen LogP contribution in [0.3, 0.4) is 0 Å². The van der Waals surface area contributed by atoms with Crippen molar-refractivity contribution >= 4 is 11.9 Å². The fraction of sp³-hybridized carbons (Fsp3) is 0.250. The van der Waals surface area contributed by atoms with Gasteiger partial charge in [-0.25, -0.2) is 9.59 Å². The Hall–Kier alpha value is -3.59. The van der Waals surface area contributed by atoms with Gasteiger partial charge in [0.2, 0.25) is 5.89 Å². The van der Waals surface area contributed by atoms with Gasteiger partial charge in [-0.05, 0) is 17.7 Å². The molecule has 1 saturated heterocycles. The first-order valence-electron chi connectivity index (χ1n) is 8.96. The first kappa shape index (κ1) is 20.2. The molecule has 3 aromatic rings. The Morgan fingerprint density at radius 2 is 1.72 bits per heavy atom. The fourth-order valence-corrected chi connectivity index (χ4v) is 2.86. The van der Waals surface area contributed by atoms with Gasteiger partial charge in [0.1, 0.15) is 0 Å². The summed E-state index contributed by atoms with van der Waals surface area (Å²) in [4.78, 5) is 29.4. The van der Waals surface area contributed by atoms with E-state index in [-0.39, 0.29) is 0 Å². The molecule has 0 saturated carbocycles. The Kier molecular flexibility index (Phi) is 6.64. The molecular weight excluding hydrogens is 376 g/mol. The molecule has 0 spiro atoms. The molecule has 2 N–H and O–H groups in total. The summed E-state index contributed by atoms with van der Waals surface area (Å²) in [5, 5.41) is 18.9. The number of pyridine rings is 1. The molecule has 0 atom stereocenters. The van der Waals surface area contributed by atoms with Crippen molar-refractivity contribution in [2.75, 3.05) is 13.1 Å². The SMILES string of the molecule is O=C(O)C(=O)O.c1ccc(Cc2noc(C3CN(Cc4ccccn4)C3)n2)cc1. The number of carboxylic acids is 2. The molecule has 0 aliphatic carbocycles. The molecule has 4 rings (SSSR count). The molecule has 150 valence electrons. The van der Waals surface area contributed by atoms with E-state index in [2.05, 4.69) is 38.2 Å². The molecular formula is C20H20N4O5. The summed E-state index contributed by atoms with van der Waals surface area (Å²) >= 11 is 0. The molecule has 1 fully saturated rings. The molecule has 0 amide bonds. The van der Waals surface area contributed by atoms with Crippen LogP contribution in [0, 0.1) is 0 Å². The molecule has 3 heterocycles. The van der Waals surface area contributed by atoms with Crippen LogP contribution >= 0.6 is 0 Å². The standard InChI is InChI=1S/C18H18N4O.C2H2O4/c1-2-6-14(7-3-1)10-17-20-18(23-21-17)15-11-22(12-15)13-16-8-4-5-9-19-16;3-1(4)2(5)6/h1-9,15H,10-13H2;(H,3,4)(H,5,6). The fourth-order valence-electron chi connectivity index (χ4n) is 2.86. The minimum absolute atomic E-state index is 0.343. The maximum Gasteiger partial charge on any atom is 0.414 e. The summed E-state index contributed by atoms with van der Waals surface area (Å²) in [7, 11) is 0. The van der Waals surface area contributed by atoms with Gasteiger partial charge in [0.05, 0.1) is 11.6 Å². The number of benzene rings is 1. The molecule has 9 nitrogen and oxygen atoms in total. The lowest BCUT2D eigenvalue weighted by atomic mass is 10.00. The Balaban J connectivity index is 0.000000353. The minimum Gasteiger partial charge on any atom is -0.473 e. The molecule has 29 heavy (non-hydrogen) atoms. The van der Waals surface area contributed by atoms with Gasteiger partial charge in [0, 0.05) is 32.3 Å². The molecule has 1 aromatic carbocycles. The van der Waals surface area contributed by atoms with E-state index in [4.69, 9.17) is 24.3 Å². The topological polar surface area (TPSA) is 130 Å². The quantitative estimate of drug-likeness (QED) is 0.620. The van der Waals surface area contributed by atoms with Gasteiger partial charge >= 0.3 is 11.9 Å². The smallest absolute Gasteiger partial charge is 0.414 e. The van der Waals surface area contributed by atoms with Gasteiger partial charge in [-0.1, -0.05) is 41.6 Å². The van der Waals surface area contributed by atoms with E-state index in [1.165, 1.54) is 5.56 Å². The summed E-state index contributed by atoms with van der Waals surface area (Å²) in [6, 6.07) is 16.2. The average molecular weight is 396 g/mol. The second-order valence-electron chi connectivity index (χ2n) is 6.53. The van der Waals surface area contributed by atoms with Gasteiger partial charge in [0.15, 0.2) is 5.82 Å². The Bertz CT molecular complexity index is 928. The lowest BCUT2D eigenvalue weighted by Crippen LogP contribution is -2.44. The van der Waals surface area contributed by atoms with Crippen molar-refractivity contribution in [3.8, 4) is 0 Å². The van der Waals surface area contributed by atoms with E-state index in [0.717, 1.165) is 37.0 Å². The zero-order valence-electron chi connectivity index (χ0n) is 15.5. The Morgan fingerprint density at radius 3 is 2.34 bits per heavy atom. The number of hydrogen-bond donors (Lipinski definition) is 2. The number of aliphatic carboxylic acids is 2. The third-order valence-electron chi connectivity index (χ3n) is 4.29. The third kappa shape index (κ3) is 5.94. The van der Waals surface area contributed by atoms with Gasteiger partial charge in [0.25, 0.3) is 0 Å². The van der Waals surface area contributed by atoms with Crippen LogP contribution in [0.1, 0.15) is 28.9 Å². The maximum atomic E-state index is 9.10. The van der Waals surface area contributed by atoms with Gasteiger partial charge in [-0.3, -0.25) is 9.88 Å². The van der Waals surface area contributed by atoms with Crippen molar-refractivity contribution in [1.82, 2.24) is 20.0 Å². The van der Waals surface area contributed by atoms with Gasteiger partial charge < -0.3 is 14.7 Å². The van der Waals surface area contributed by atoms with Crippen molar-refractivity contribution in [3.63, 3.8) is 0 Å². The number of carbonyl (C=O) groups is 2. The molecule has 0 radical (unpaired) electrons. The summed E-state index contributed by atoms with van der Waals surface area (Å²) in [5.41, 5.74) is 2.30. The minimum atomic E-state index is -1.82. The largest absolute Gasteiger partial charge is 0.473 e. The van der Waals surface area contributed by atoms with Crippen LogP contribution in [0.2, 0.25) is 0 Å². The maximum absolute atomic E-state index is 9.10. The monoisotopic (exact) mass is 396 g/mol. The van der Waals surface area contributed by atoms with Crippen LogP contribution in [-0.4, -0.2) is 55.3 Å². The van der Waals surface area contributed by atoms with Crippen LogP contribution in [-0.2, 0) is 22.6 Å². The highest BCUT2D eigenvalue weighted by Crippen LogP contribution is 2.27. The van der Waals surface area contributed by atoms with E-state index in [9.17, 15) is 0 Å². The van der Waals surface area contributed by atoms with Gasteiger partial charge in [-0.2, -0.15) is 4.98 Å². The van der Waals surface area contributed by atoms with E-state index in [0.29, 0.717) is 12.3 Å². The van der Waals surface area contributed by atoms with Crippen molar-refractivity contribution < 1.29 is 24.3 Å². The second kappa shape index (κ2) is 9.56. The third-order valence-corrected chi connectivity index (χ3v) is 4.29. The van der Waals surface area contributed by atoms with Crippen molar-refractivity contribution in [2.24, 2.45) is 0 Å². The highest BCUT2D eigenvalue weighted by molar-refractivity contribution is 6.27. The second-order valence-corrected chi connectivity index (χ2v) is 6.53. The molecule has 2 aromatic heterocycles. The summed E-state index contributed by atoms with van der Waals surface area (Å²) < 4.78 is 5.44. The van der Waals surface area contributed by atoms with Gasteiger partial charge in [-0.15, -0.1) is 0 Å². The highest BCUT2D eigenvalue weighted by Gasteiger charge is 2.32. The van der Waals surface area contributed by atoms with E-state index in [1.54, 1.807) is 0 Å². The van der Waals surface area contributed by atoms with Crippen LogP contribution in [0.5, 0.6) is 0 Å². The zero-order chi connectivity index (χ0) is 20.6. The number of carboxylic acid groups (broad SMARTS) is 2. The zero-order valence-corrected chi connectivity index (χ0v) is 15.5. The molecule has 0 bridgehead atoms. The summed E-state index contributed by atoms with van der Waals surface area (Å²) in [5.74, 6) is -1.79. The predicted octanol–water partition coefficient (Wildman–Crippen LogP) is 1.81. The van der Waals surface area contributed by atoms with Crippen molar-refractivity contribution in [1.29, 1.82) is 0 Å². The predicted molar refractivity (Wildman–Crippen MR) is 101 cm³/mol. The van der Waals surface area contributed by atoms with Crippen molar-refractivity contribution in [2.45, 2.75) is 18.9 Å². The van der Waals surface area contributed by atoms with Crippen LogP contribution in [0.4, 0.5) is 0 Å². The number of likely N-dealkylation sites (tertiary alicyclic amines) is 1. The number of rotatable bonds is 5.